The molecule has 2 rings (SSSR count). The second kappa shape index (κ2) is 3.91. The summed E-state index contributed by atoms with van der Waals surface area (Å²) in [6, 6.07) is 5.78. The lowest BCUT2D eigenvalue weighted by molar-refractivity contribution is 0.531. The molecule has 15 heavy (non-hydrogen) atoms. The van der Waals surface area contributed by atoms with Crippen LogP contribution >= 0.6 is 0 Å². The molecular weight excluding hydrogens is 191 g/mol. The number of aryl methyl sites for hydroxylation is 1. The summed E-state index contributed by atoms with van der Waals surface area (Å²) in [6.07, 6.45) is 0. The van der Waals surface area contributed by atoms with E-state index in [4.69, 9.17) is 5.73 Å². The van der Waals surface area contributed by atoms with Crippen molar-refractivity contribution in [3.8, 4) is 0 Å². The molecule has 1 saturated heterocycles. The SMILES string of the molecule is Cc1cccc(C2CNC(C)C2N)c1F. The fraction of sp³-hybridized carbons (Fsp3) is 0.500. The summed E-state index contributed by atoms with van der Waals surface area (Å²) in [5.74, 6) is -0.00579. The molecule has 1 aliphatic rings. The van der Waals surface area contributed by atoms with E-state index in [2.05, 4.69) is 5.32 Å². The highest BCUT2D eigenvalue weighted by Gasteiger charge is 2.32. The number of hydrogen-bond donors (Lipinski definition) is 2. The second-order valence-electron chi connectivity index (χ2n) is 4.36. The van der Waals surface area contributed by atoms with Gasteiger partial charge in [-0.3, -0.25) is 0 Å². The third-order valence-corrected chi connectivity index (χ3v) is 3.32. The highest BCUT2D eigenvalue weighted by molar-refractivity contribution is 5.30. The predicted octanol–water partition coefficient (Wildman–Crippen LogP) is 1.54. The molecule has 0 aromatic heterocycles. The topological polar surface area (TPSA) is 38.0 Å². The van der Waals surface area contributed by atoms with Gasteiger partial charge in [0.2, 0.25) is 0 Å². The van der Waals surface area contributed by atoms with Gasteiger partial charge in [-0.05, 0) is 25.0 Å². The number of halogens is 1. The molecule has 3 N–H and O–H groups in total. The molecule has 3 atom stereocenters. The highest BCUT2D eigenvalue weighted by Crippen LogP contribution is 2.28. The average Bonchev–Trinajstić information content (AvgIpc) is 2.53. The van der Waals surface area contributed by atoms with Crippen molar-refractivity contribution >= 4 is 0 Å². The van der Waals surface area contributed by atoms with Crippen molar-refractivity contribution in [2.45, 2.75) is 31.8 Å². The number of rotatable bonds is 1. The Hall–Kier alpha value is -0.930. The maximum Gasteiger partial charge on any atom is 0.129 e. The van der Waals surface area contributed by atoms with Crippen LogP contribution in [-0.4, -0.2) is 18.6 Å². The van der Waals surface area contributed by atoms with Gasteiger partial charge < -0.3 is 11.1 Å². The van der Waals surface area contributed by atoms with Gasteiger partial charge in [0.1, 0.15) is 5.82 Å². The summed E-state index contributed by atoms with van der Waals surface area (Å²) in [5, 5.41) is 3.27. The monoisotopic (exact) mass is 208 g/mol. The number of nitrogens with one attached hydrogen (secondary N) is 1. The quantitative estimate of drug-likeness (QED) is 0.734. The van der Waals surface area contributed by atoms with Gasteiger partial charge in [0.15, 0.2) is 0 Å². The molecule has 0 amide bonds. The van der Waals surface area contributed by atoms with Crippen LogP contribution in [0.2, 0.25) is 0 Å². The van der Waals surface area contributed by atoms with E-state index in [1.54, 1.807) is 13.0 Å². The van der Waals surface area contributed by atoms with Crippen LogP contribution in [0.3, 0.4) is 0 Å². The Kier molecular flexibility index (Phi) is 2.76. The van der Waals surface area contributed by atoms with Gasteiger partial charge >= 0.3 is 0 Å². The Bertz CT molecular complexity index is 365. The number of benzene rings is 1. The molecule has 0 aliphatic carbocycles. The van der Waals surface area contributed by atoms with Crippen molar-refractivity contribution in [1.82, 2.24) is 5.32 Å². The molecular formula is C12H17FN2. The Morgan fingerprint density at radius 3 is 2.80 bits per heavy atom. The first-order chi connectivity index (χ1) is 7.11. The molecule has 0 spiro atoms. The minimum absolute atomic E-state index is 0.00120. The molecule has 1 aliphatic heterocycles. The molecule has 82 valence electrons. The van der Waals surface area contributed by atoms with Crippen molar-refractivity contribution in [2.75, 3.05) is 6.54 Å². The maximum atomic E-state index is 13.9. The van der Waals surface area contributed by atoms with Crippen LogP contribution in [0.15, 0.2) is 18.2 Å². The summed E-state index contributed by atoms with van der Waals surface area (Å²) < 4.78 is 13.9. The maximum absolute atomic E-state index is 13.9. The van der Waals surface area contributed by atoms with Crippen molar-refractivity contribution in [3.05, 3.63) is 35.1 Å². The zero-order chi connectivity index (χ0) is 11.0. The number of hydrogen-bond acceptors (Lipinski definition) is 2. The highest BCUT2D eigenvalue weighted by atomic mass is 19.1. The lowest BCUT2D eigenvalue weighted by Crippen LogP contribution is -2.35. The van der Waals surface area contributed by atoms with E-state index in [9.17, 15) is 4.39 Å². The minimum atomic E-state index is -0.103. The second-order valence-corrected chi connectivity index (χ2v) is 4.36. The van der Waals surface area contributed by atoms with E-state index in [0.29, 0.717) is 5.56 Å². The Morgan fingerprint density at radius 1 is 1.47 bits per heavy atom. The van der Waals surface area contributed by atoms with Crippen LogP contribution in [0, 0.1) is 12.7 Å². The summed E-state index contributed by atoms with van der Waals surface area (Å²) in [6.45, 7) is 4.59. The van der Waals surface area contributed by atoms with Gasteiger partial charge in [0, 0.05) is 24.5 Å². The molecule has 3 unspecified atom stereocenters. The minimum Gasteiger partial charge on any atom is -0.326 e. The van der Waals surface area contributed by atoms with E-state index in [-0.39, 0.29) is 23.8 Å². The van der Waals surface area contributed by atoms with Crippen LogP contribution in [-0.2, 0) is 0 Å². The van der Waals surface area contributed by atoms with E-state index in [0.717, 1.165) is 12.1 Å². The van der Waals surface area contributed by atoms with Gasteiger partial charge in [-0.2, -0.15) is 0 Å². The summed E-state index contributed by atoms with van der Waals surface area (Å²) >= 11 is 0. The lowest BCUT2D eigenvalue weighted by Gasteiger charge is -2.18. The predicted molar refractivity (Wildman–Crippen MR) is 59.3 cm³/mol. The Morgan fingerprint density at radius 2 is 2.20 bits per heavy atom. The standard InChI is InChI=1S/C12H17FN2/c1-7-4-3-5-9(11(7)13)10-6-15-8(2)12(10)14/h3-5,8,10,12,15H,6,14H2,1-2H3. The van der Waals surface area contributed by atoms with Crippen LogP contribution in [0.4, 0.5) is 4.39 Å². The van der Waals surface area contributed by atoms with Crippen molar-refractivity contribution in [2.24, 2.45) is 5.73 Å². The van der Waals surface area contributed by atoms with E-state index in [1.165, 1.54) is 0 Å². The smallest absolute Gasteiger partial charge is 0.129 e. The zero-order valence-electron chi connectivity index (χ0n) is 9.13. The first kappa shape index (κ1) is 10.6. The largest absolute Gasteiger partial charge is 0.326 e. The average molecular weight is 208 g/mol. The summed E-state index contributed by atoms with van der Waals surface area (Å²) in [4.78, 5) is 0. The van der Waals surface area contributed by atoms with Crippen LogP contribution in [0.25, 0.3) is 0 Å². The van der Waals surface area contributed by atoms with Gasteiger partial charge in [-0.1, -0.05) is 18.2 Å². The third-order valence-electron chi connectivity index (χ3n) is 3.32. The molecule has 0 saturated carbocycles. The third kappa shape index (κ3) is 1.77. The van der Waals surface area contributed by atoms with Crippen molar-refractivity contribution < 1.29 is 4.39 Å². The summed E-state index contributed by atoms with van der Waals surface area (Å²) in [7, 11) is 0. The van der Waals surface area contributed by atoms with E-state index < -0.39 is 0 Å². The first-order valence-corrected chi connectivity index (χ1v) is 5.35. The van der Waals surface area contributed by atoms with E-state index >= 15 is 0 Å². The molecule has 1 aromatic carbocycles. The van der Waals surface area contributed by atoms with Crippen LogP contribution in [0.1, 0.15) is 24.0 Å². The van der Waals surface area contributed by atoms with Gasteiger partial charge in [0.25, 0.3) is 0 Å². The van der Waals surface area contributed by atoms with Gasteiger partial charge in [-0.15, -0.1) is 0 Å². The first-order valence-electron chi connectivity index (χ1n) is 5.35. The molecule has 0 bridgehead atoms. The van der Waals surface area contributed by atoms with Gasteiger partial charge in [-0.25, -0.2) is 4.39 Å². The lowest BCUT2D eigenvalue weighted by atomic mass is 9.91. The fourth-order valence-corrected chi connectivity index (χ4v) is 2.21. The summed E-state index contributed by atoms with van der Waals surface area (Å²) in [5.41, 5.74) is 7.49. The molecule has 3 heteroatoms. The zero-order valence-corrected chi connectivity index (χ0v) is 9.13. The van der Waals surface area contributed by atoms with Crippen molar-refractivity contribution in [1.29, 1.82) is 0 Å². The molecule has 0 radical (unpaired) electrons. The van der Waals surface area contributed by atoms with Crippen LogP contribution < -0.4 is 11.1 Å². The molecule has 2 nitrogen and oxygen atoms in total. The van der Waals surface area contributed by atoms with E-state index in [1.807, 2.05) is 19.1 Å². The molecule has 1 heterocycles. The molecule has 1 aromatic rings. The van der Waals surface area contributed by atoms with Gasteiger partial charge in [0.05, 0.1) is 0 Å². The molecule has 1 fully saturated rings. The Labute approximate surface area is 89.7 Å². The fourth-order valence-electron chi connectivity index (χ4n) is 2.21. The van der Waals surface area contributed by atoms with Crippen molar-refractivity contribution in [3.63, 3.8) is 0 Å². The number of nitrogens with two attached hydrogens (primary N) is 1. The normalized spacial score (nSPS) is 30.8. The Balaban J connectivity index is 2.34. The van der Waals surface area contributed by atoms with Crippen LogP contribution in [0.5, 0.6) is 0 Å².